The maximum atomic E-state index is 12.1. The molecule has 1 atom stereocenters. The minimum atomic E-state index is -0.0499. The number of nitrogens with two attached hydrogens (primary N) is 1. The van der Waals surface area contributed by atoms with E-state index in [4.69, 9.17) is 10.5 Å². The van der Waals surface area contributed by atoms with Crippen LogP contribution in [0.4, 0.5) is 11.4 Å². The number of rotatable bonds is 6. The Morgan fingerprint density at radius 1 is 1.47 bits per heavy atom. The van der Waals surface area contributed by atoms with Gasteiger partial charge in [-0.05, 0) is 32.0 Å². The van der Waals surface area contributed by atoms with Gasteiger partial charge >= 0.3 is 0 Å². The molecule has 0 aliphatic rings. The molecule has 0 fully saturated rings. The van der Waals surface area contributed by atoms with Gasteiger partial charge in [0.25, 0.3) is 5.91 Å². The molecule has 0 aliphatic heterocycles. The molecule has 106 valence electrons. The van der Waals surface area contributed by atoms with Crippen molar-refractivity contribution in [1.82, 2.24) is 4.90 Å². The van der Waals surface area contributed by atoms with E-state index >= 15 is 0 Å². The zero-order valence-corrected chi connectivity index (χ0v) is 12.1. The number of carbonyl (C=O) groups excluding carboxylic acids is 1. The average molecular weight is 265 g/mol. The van der Waals surface area contributed by atoms with E-state index in [1.165, 1.54) is 0 Å². The predicted octanol–water partition coefficient (Wildman–Crippen LogP) is 1.81. The number of anilines is 2. The highest BCUT2D eigenvalue weighted by Crippen LogP contribution is 2.21. The van der Waals surface area contributed by atoms with Crippen LogP contribution in [-0.2, 0) is 4.74 Å². The van der Waals surface area contributed by atoms with E-state index in [9.17, 15) is 4.79 Å². The molecule has 5 heteroatoms. The summed E-state index contributed by atoms with van der Waals surface area (Å²) in [7, 11) is 3.46. The molecule has 0 saturated heterocycles. The van der Waals surface area contributed by atoms with E-state index in [-0.39, 0.29) is 11.9 Å². The molecule has 1 aromatic rings. The number of benzene rings is 1. The van der Waals surface area contributed by atoms with Gasteiger partial charge in [-0.3, -0.25) is 4.79 Å². The van der Waals surface area contributed by atoms with Gasteiger partial charge in [-0.1, -0.05) is 0 Å². The number of hydrogen-bond acceptors (Lipinski definition) is 4. The molecule has 0 aliphatic carbocycles. The molecule has 3 N–H and O–H groups in total. The normalized spacial score (nSPS) is 12.0. The molecule has 0 aromatic heterocycles. The van der Waals surface area contributed by atoms with Crippen LogP contribution in [0.1, 0.15) is 24.2 Å². The molecule has 0 radical (unpaired) electrons. The molecule has 5 nitrogen and oxygen atoms in total. The fourth-order valence-electron chi connectivity index (χ4n) is 1.71. The zero-order valence-electron chi connectivity index (χ0n) is 12.1. The molecule has 0 spiro atoms. The lowest BCUT2D eigenvalue weighted by atomic mass is 10.1. The fraction of sp³-hybridized carbons (Fsp3) is 0.500. The Morgan fingerprint density at radius 2 is 2.16 bits per heavy atom. The van der Waals surface area contributed by atoms with Gasteiger partial charge in [-0.2, -0.15) is 0 Å². The molecular weight excluding hydrogens is 242 g/mol. The molecule has 1 rings (SSSR count). The molecular formula is C14H23N3O2. The van der Waals surface area contributed by atoms with Gasteiger partial charge in [0.2, 0.25) is 0 Å². The summed E-state index contributed by atoms with van der Waals surface area (Å²) in [5.41, 5.74) is 7.76. The van der Waals surface area contributed by atoms with E-state index in [0.717, 1.165) is 5.69 Å². The van der Waals surface area contributed by atoms with E-state index in [1.807, 2.05) is 13.8 Å². The van der Waals surface area contributed by atoms with Crippen molar-refractivity contribution in [2.75, 3.05) is 38.4 Å². The highest BCUT2D eigenvalue weighted by Gasteiger charge is 2.15. The maximum Gasteiger partial charge on any atom is 0.255 e. The lowest BCUT2D eigenvalue weighted by Crippen LogP contribution is -2.26. The van der Waals surface area contributed by atoms with E-state index in [2.05, 4.69) is 5.32 Å². The van der Waals surface area contributed by atoms with Gasteiger partial charge in [0.1, 0.15) is 0 Å². The van der Waals surface area contributed by atoms with Crippen LogP contribution in [0.2, 0.25) is 0 Å². The summed E-state index contributed by atoms with van der Waals surface area (Å²) in [6.45, 7) is 5.21. The molecule has 1 amide bonds. The number of ether oxygens (including phenoxy) is 1. The van der Waals surface area contributed by atoms with Crippen molar-refractivity contribution < 1.29 is 9.53 Å². The van der Waals surface area contributed by atoms with Crippen LogP contribution in [0.3, 0.4) is 0 Å². The van der Waals surface area contributed by atoms with E-state index in [1.54, 1.807) is 37.2 Å². The third kappa shape index (κ3) is 4.44. The van der Waals surface area contributed by atoms with Crippen molar-refractivity contribution in [2.45, 2.75) is 19.9 Å². The minimum absolute atomic E-state index is 0.0499. The first-order chi connectivity index (χ1) is 8.95. The van der Waals surface area contributed by atoms with Crippen molar-refractivity contribution in [3.05, 3.63) is 23.8 Å². The Hall–Kier alpha value is -1.75. The molecule has 1 aromatic carbocycles. The van der Waals surface area contributed by atoms with Gasteiger partial charge < -0.3 is 20.7 Å². The van der Waals surface area contributed by atoms with Crippen molar-refractivity contribution in [2.24, 2.45) is 0 Å². The smallest absolute Gasteiger partial charge is 0.255 e. The lowest BCUT2D eigenvalue weighted by molar-refractivity contribution is 0.0828. The first-order valence-corrected chi connectivity index (χ1v) is 6.41. The van der Waals surface area contributed by atoms with Crippen LogP contribution < -0.4 is 11.1 Å². The van der Waals surface area contributed by atoms with Crippen molar-refractivity contribution in [1.29, 1.82) is 0 Å². The van der Waals surface area contributed by atoms with Crippen molar-refractivity contribution in [3.63, 3.8) is 0 Å². The summed E-state index contributed by atoms with van der Waals surface area (Å²) >= 11 is 0. The van der Waals surface area contributed by atoms with E-state index in [0.29, 0.717) is 24.5 Å². The van der Waals surface area contributed by atoms with Crippen molar-refractivity contribution >= 4 is 17.3 Å². The summed E-state index contributed by atoms with van der Waals surface area (Å²) in [6, 6.07) is 5.36. The number of nitrogens with one attached hydrogen (secondary N) is 1. The van der Waals surface area contributed by atoms with Crippen LogP contribution in [0, 0.1) is 0 Å². The summed E-state index contributed by atoms with van der Waals surface area (Å²) in [6.07, 6.45) is 0. The van der Waals surface area contributed by atoms with Gasteiger partial charge in [-0.15, -0.1) is 0 Å². The number of amides is 1. The quantitative estimate of drug-likeness (QED) is 0.770. The van der Waals surface area contributed by atoms with Crippen molar-refractivity contribution in [3.8, 4) is 0 Å². The summed E-state index contributed by atoms with van der Waals surface area (Å²) in [5.74, 6) is -0.0499. The summed E-state index contributed by atoms with van der Waals surface area (Å²) in [4.78, 5) is 13.6. The van der Waals surface area contributed by atoms with E-state index < -0.39 is 0 Å². The lowest BCUT2D eigenvalue weighted by Gasteiger charge is -2.19. The largest absolute Gasteiger partial charge is 0.399 e. The Bertz CT molecular complexity index is 433. The number of carbonyl (C=O) groups is 1. The standard InChI is InChI=1S/C14H23N3O2/c1-5-19-9-10(2)16-13-8-11(15)6-7-12(13)14(18)17(3)4/h6-8,10,16H,5,9,15H2,1-4H3. The maximum absolute atomic E-state index is 12.1. The average Bonchev–Trinajstić information content (AvgIpc) is 2.35. The number of hydrogen-bond donors (Lipinski definition) is 2. The van der Waals surface area contributed by atoms with Gasteiger partial charge in [0, 0.05) is 38.1 Å². The first kappa shape index (κ1) is 15.3. The Morgan fingerprint density at radius 3 is 2.74 bits per heavy atom. The molecule has 0 bridgehead atoms. The topological polar surface area (TPSA) is 67.6 Å². The Labute approximate surface area is 114 Å². The number of nitrogen functional groups attached to an aromatic ring is 1. The monoisotopic (exact) mass is 265 g/mol. The van der Waals surface area contributed by atoms with Crippen LogP contribution >= 0.6 is 0 Å². The van der Waals surface area contributed by atoms with Gasteiger partial charge in [-0.25, -0.2) is 0 Å². The number of nitrogens with zero attached hydrogens (tertiary/aromatic N) is 1. The molecule has 0 saturated carbocycles. The van der Waals surface area contributed by atoms with Crippen LogP contribution in [0.15, 0.2) is 18.2 Å². The zero-order chi connectivity index (χ0) is 14.4. The third-order valence-electron chi connectivity index (χ3n) is 2.65. The van der Waals surface area contributed by atoms with Gasteiger partial charge in [0.15, 0.2) is 0 Å². The first-order valence-electron chi connectivity index (χ1n) is 6.41. The highest BCUT2D eigenvalue weighted by molar-refractivity contribution is 6.00. The Balaban J connectivity index is 2.91. The fourth-order valence-corrected chi connectivity index (χ4v) is 1.71. The second-order valence-electron chi connectivity index (χ2n) is 4.71. The molecule has 19 heavy (non-hydrogen) atoms. The third-order valence-corrected chi connectivity index (χ3v) is 2.65. The Kier molecular flexibility index (Phi) is 5.63. The molecule has 0 heterocycles. The van der Waals surface area contributed by atoms with Crippen LogP contribution in [0.5, 0.6) is 0 Å². The SMILES string of the molecule is CCOCC(C)Nc1cc(N)ccc1C(=O)N(C)C. The second kappa shape index (κ2) is 6.99. The van der Waals surface area contributed by atoms with Crippen LogP contribution in [0.25, 0.3) is 0 Å². The molecule has 1 unspecified atom stereocenters. The summed E-state index contributed by atoms with van der Waals surface area (Å²) < 4.78 is 5.36. The highest BCUT2D eigenvalue weighted by atomic mass is 16.5. The predicted molar refractivity (Wildman–Crippen MR) is 78.4 cm³/mol. The van der Waals surface area contributed by atoms with Crippen LogP contribution in [-0.4, -0.2) is 44.2 Å². The summed E-state index contributed by atoms with van der Waals surface area (Å²) in [5, 5.41) is 3.27. The minimum Gasteiger partial charge on any atom is -0.399 e. The van der Waals surface area contributed by atoms with Gasteiger partial charge in [0.05, 0.1) is 12.2 Å². The second-order valence-corrected chi connectivity index (χ2v) is 4.71.